The average molecular weight is 484 g/mol. The smallest absolute Gasteiger partial charge is 0.407 e. The van der Waals surface area contributed by atoms with Gasteiger partial charge in [-0.15, -0.1) is 0 Å². The number of alkyl carbamates (subject to hydrolysis) is 1. The lowest BCUT2D eigenvalue weighted by Crippen LogP contribution is -2.26. The van der Waals surface area contributed by atoms with E-state index in [-0.39, 0.29) is 19.3 Å². The Kier molecular flexibility index (Phi) is 27.3. The van der Waals surface area contributed by atoms with Crippen molar-refractivity contribution >= 4 is 6.09 Å². The molecule has 34 heavy (non-hydrogen) atoms. The summed E-state index contributed by atoms with van der Waals surface area (Å²) in [5.41, 5.74) is 0.771. The highest BCUT2D eigenvalue weighted by Crippen LogP contribution is 2.13. The largest absolute Gasteiger partial charge is 0.445 e. The van der Waals surface area contributed by atoms with Crippen molar-refractivity contribution in [1.82, 2.24) is 5.32 Å². The molecular formula is C29H57NO4. The lowest BCUT2D eigenvalue weighted by atomic mass is 10.0. The van der Waals surface area contributed by atoms with Crippen molar-refractivity contribution in [1.29, 1.82) is 0 Å². The molecule has 0 heterocycles. The summed E-state index contributed by atoms with van der Waals surface area (Å²) in [4.78, 5) is 11.7. The Balaban J connectivity index is 3.25. The lowest BCUT2D eigenvalue weighted by molar-refractivity contribution is 0.128. The van der Waals surface area contributed by atoms with E-state index >= 15 is 0 Å². The van der Waals surface area contributed by atoms with Crippen LogP contribution in [0.1, 0.15) is 135 Å². The van der Waals surface area contributed by atoms with Gasteiger partial charge in [0.15, 0.2) is 0 Å². The molecule has 0 saturated carbocycles. The third kappa shape index (κ3) is 27.2. The van der Waals surface area contributed by atoms with E-state index in [9.17, 15) is 4.79 Å². The zero-order chi connectivity index (χ0) is 25.0. The fourth-order valence-corrected chi connectivity index (χ4v) is 4.01. The molecular weight excluding hydrogens is 426 g/mol. The number of hydrogen-bond acceptors (Lipinski definition) is 4. The molecule has 0 aromatic heterocycles. The first-order valence-electron chi connectivity index (χ1n) is 14.5. The Morgan fingerprint density at radius 1 is 0.676 bits per heavy atom. The summed E-state index contributed by atoms with van der Waals surface area (Å²) in [6.45, 7) is 8.41. The van der Waals surface area contributed by atoms with Crippen molar-refractivity contribution in [3.8, 4) is 0 Å². The highest BCUT2D eigenvalue weighted by molar-refractivity contribution is 5.67. The maximum Gasteiger partial charge on any atom is 0.407 e. The molecule has 0 aliphatic carbocycles. The summed E-state index contributed by atoms with van der Waals surface area (Å²) in [6.07, 6.45) is 25.1. The van der Waals surface area contributed by atoms with Crippen molar-refractivity contribution in [3.05, 3.63) is 12.2 Å². The van der Waals surface area contributed by atoms with Gasteiger partial charge in [0.1, 0.15) is 6.61 Å². The van der Waals surface area contributed by atoms with E-state index in [2.05, 4.69) is 18.8 Å². The van der Waals surface area contributed by atoms with Gasteiger partial charge in [0.05, 0.1) is 6.61 Å². The first kappa shape index (κ1) is 32.9. The van der Waals surface area contributed by atoms with Crippen LogP contribution in [-0.2, 0) is 9.47 Å². The lowest BCUT2D eigenvalue weighted by Gasteiger charge is -2.09. The molecule has 0 bridgehead atoms. The molecule has 5 nitrogen and oxygen atoms in total. The number of nitrogens with one attached hydrogen (secondary N) is 1. The fraction of sp³-hybridized carbons (Fsp3) is 0.897. The molecule has 0 fully saturated rings. The molecule has 0 unspecified atom stereocenters. The molecule has 0 aliphatic heterocycles. The third-order valence-electron chi connectivity index (χ3n) is 6.21. The minimum Gasteiger partial charge on any atom is -0.445 e. The standard InChI is InChI=1S/C29H57NO4/c1-3-4-5-6-7-8-9-10-11-12-13-14-15-16-17-20-23-30-29(32)34-27-28(2)26-33-25-22-19-18-21-24-31/h31H,2-27H2,1H3,(H,30,32). The minimum atomic E-state index is -0.369. The van der Waals surface area contributed by atoms with Gasteiger partial charge in [-0.25, -0.2) is 4.79 Å². The van der Waals surface area contributed by atoms with Crippen LogP contribution >= 0.6 is 0 Å². The number of rotatable bonds is 27. The summed E-state index contributed by atoms with van der Waals surface area (Å²) in [7, 11) is 0. The minimum absolute atomic E-state index is 0.204. The number of hydrogen-bond donors (Lipinski definition) is 2. The number of aliphatic hydroxyl groups is 1. The van der Waals surface area contributed by atoms with Crippen LogP contribution in [0.3, 0.4) is 0 Å². The summed E-state index contributed by atoms with van der Waals surface area (Å²) < 4.78 is 10.7. The van der Waals surface area contributed by atoms with Crippen LogP contribution in [0.25, 0.3) is 0 Å². The molecule has 0 radical (unpaired) electrons. The number of carbonyl (C=O) groups excluding carboxylic acids is 1. The van der Waals surface area contributed by atoms with Crippen molar-refractivity contribution in [2.75, 3.05) is 33.0 Å². The fourth-order valence-electron chi connectivity index (χ4n) is 4.01. The summed E-state index contributed by atoms with van der Waals surface area (Å²) in [5, 5.41) is 11.6. The normalized spacial score (nSPS) is 11.0. The van der Waals surface area contributed by atoms with Crippen LogP contribution in [0.5, 0.6) is 0 Å². The molecule has 1 amide bonds. The molecule has 2 N–H and O–H groups in total. The molecule has 5 heteroatoms. The average Bonchev–Trinajstić information content (AvgIpc) is 2.84. The van der Waals surface area contributed by atoms with Crippen molar-refractivity contribution in [3.63, 3.8) is 0 Å². The summed E-state index contributed by atoms with van der Waals surface area (Å²) in [5.74, 6) is 0. The Bertz CT molecular complexity index is 442. The Morgan fingerprint density at radius 2 is 1.15 bits per heavy atom. The molecule has 0 aromatic rings. The molecule has 0 saturated heterocycles. The van der Waals surface area contributed by atoms with Crippen LogP contribution in [-0.4, -0.2) is 44.2 Å². The van der Waals surface area contributed by atoms with E-state index in [1.807, 2.05) is 0 Å². The second-order valence-corrected chi connectivity index (χ2v) is 9.75. The van der Waals surface area contributed by atoms with Crippen LogP contribution < -0.4 is 5.32 Å². The number of aliphatic hydroxyl groups excluding tert-OH is 1. The maximum atomic E-state index is 11.7. The molecule has 0 aromatic carbocycles. The summed E-state index contributed by atoms with van der Waals surface area (Å²) >= 11 is 0. The zero-order valence-electron chi connectivity index (χ0n) is 22.6. The first-order valence-corrected chi connectivity index (χ1v) is 14.5. The van der Waals surface area contributed by atoms with Crippen LogP contribution in [0, 0.1) is 0 Å². The van der Waals surface area contributed by atoms with E-state index in [0.717, 1.165) is 44.1 Å². The van der Waals surface area contributed by atoms with Crippen molar-refractivity contribution in [2.45, 2.75) is 135 Å². The number of unbranched alkanes of at least 4 members (excludes halogenated alkanes) is 18. The second-order valence-electron chi connectivity index (χ2n) is 9.75. The van der Waals surface area contributed by atoms with Gasteiger partial charge in [0.25, 0.3) is 0 Å². The van der Waals surface area contributed by atoms with Gasteiger partial charge in [-0.2, -0.15) is 0 Å². The molecule has 0 rings (SSSR count). The van der Waals surface area contributed by atoms with Crippen LogP contribution in [0.15, 0.2) is 12.2 Å². The molecule has 0 spiro atoms. The Labute approximate surface area is 211 Å². The number of amides is 1. The van der Waals surface area contributed by atoms with E-state index < -0.39 is 0 Å². The van der Waals surface area contributed by atoms with E-state index in [1.54, 1.807) is 0 Å². The van der Waals surface area contributed by atoms with Crippen LogP contribution in [0.2, 0.25) is 0 Å². The predicted molar refractivity (Wildman–Crippen MR) is 144 cm³/mol. The molecule has 0 aliphatic rings. The van der Waals surface area contributed by atoms with Gasteiger partial charge in [-0.05, 0) is 24.8 Å². The SMILES string of the molecule is C=C(COCCCCCCO)COC(=O)NCCCCCCCCCCCCCCCCCC. The van der Waals surface area contributed by atoms with Gasteiger partial charge in [-0.1, -0.05) is 123 Å². The first-order chi connectivity index (χ1) is 16.7. The zero-order valence-corrected chi connectivity index (χ0v) is 22.6. The topological polar surface area (TPSA) is 67.8 Å². The van der Waals surface area contributed by atoms with Gasteiger partial charge < -0.3 is 19.9 Å². The highest BCUT2D eigenvalue weighted by Gasteiger charge is 2.03. The van der Waals surface area contributed by atoms with E-state index in [1.165, 1.54) is 89.9 Å². The van der Waals surface area contributed by atoms with E-state index in [0.29, 0.717) is 19.8 Å². The number of carbonyl (C=O) groups is 1. The van der Waals surface area contributed by atoms with Gasteiger partial charge >= 0.3 is 6.09 Å². The Morgan fingerprint density at radius 3 is 1.68 bits per heavy atom. The van der Waals surface area contributed by atoms with Gasteiger partial charge in [0.2, 0.25) is 0 Å². The molecule has 0 atom stereocenters. The third-order valence-corrected chi connectivity index (χ3v) is 6.21. The second kappa shape index (κ2) is 28.2. The van der Waals surface area contributed by atoms with Crippen molar-refractivity contribution < 1.29 is 19.4 Å². The van der Waals surface area contributed by atoms with E-state index in [4.69, 9.17) is 14.6 Å². The van der Waals surface area contributed by atoms with Gasteiger partial charge in [0, 0.05) is 19.8 Å². The van der Waals surface area contributed by atoms with Gasteiger partial charge in [-0.3, -0.25) is 0 Å². The quantitative estimate of drug-likeness (QED) is 0.0914. The number of ether oxygens (including phenoxy) is 2. The highest BCUT2D eigenvalue weighted by atomic mass is 16.5. The monoisotopic (exact) mass is 483 g/mol. The van der Waals surface area contributed by atoms with Crippen molar-refractivity contribution in [2.24, 2.45) is 0 Å². The molecule has 202 valence electrons. The predicted octanol–water partition coefficient (Wildman–Crippen LogP) is 8.10. The summed E-state index contributed by atoms with van der Waals surface area (Å²) in [6, 6.07) is 0. The maximum absolute atomic E-state index is 11.7. The Hall–Kier alpha value is -1.07. The van der Waals surface area contributed by atoms with Crippen LogP contribution in [0.4, 0.5) is 4.79 Å².